The van der Waals surface area contributed by atoms with Crippen molar-refractivity contribution in [2.45, 2.75) is 37.7 Å². The maximum Gasteiger partial charge on any atom is 0.412 e. The maximum atomic E-state index is 14.0. The molecule has 0 aliphatic heterocycles. The van der Waals surface area contributed by atoms with E-state index in [1.54, 1.807) is 23.9 Å². The van der Waals surface area contributed by atoms with Crippen LogP contribution in [0.3, 0.4) is 0 Å². The molecule has 1 amide bonds. The molecule has 6 nitrogen and oxygen atoms in total. The van der Waals surface area contributed by atoms with Gasteiger partial charge in [0.05, 0.1) is 0 Å². The first kappa shape index (κ1) is 24.3. The Bertz CT molecular complexity index is 943. The van der Waals surface area contributed by atoms with Crippen LogP contribution in [0.15, 0.2) is 59.5 Å². The molecule has 0 saturated heterocycles. The Morgan fingerprint density at radius 3 is 2.48 bits per heavy atom. The molecule has 0 aliphatic carbocycles. The lowest BCUT2D eigenvalue weighted by molar-refractivity contribution is -0.131. The van der Waals surface area contributed by atoms with E-state index in [9.17, 15) is 19.1 Å². The number of benzene rings is 2. The molecule has 3 N–H and O–H groups in total. The number of phenols is 1. The van der Waals surface area contributed by atoms with E-state index in [2.05, 4.69) is 5.32 Å². The van der Waals surface area contributed by atoms with Crippen LogP contribution in [0, 0.1) is 11.2 Å². The fourth-order valence-corrected chi connectivity index (χ4v) is 3.47. The molecule has 0 radical (unpaired) electrons. The van der Waals surface area contributed by atoms with Gasteiger partial charge in [0.2, 0.25) is 0 Å². The summed E-state index contributed by atoms with van der Waals surface area (Å²) in [4.78, 5) is 24.3. The largest absolute Gasteiger partial charge is 0.505 e. The summed E-state index contributed by atoms with van der Waals surface area (Å²) in [5.74, 6) is -2.36. The van der Waals surface area contributed by atoms with Crippen molar-refractivity contribution in [1.29, 1.82) is 0 Å². The van der Waals surface area contributed by atoms with Crippen molar-refractivity contribution in [3.63, 3.8) is 0 Å². The third-order valence-electron chi connectivity index (χ3n) is 4.76. The molecule has 0 aromatic heterocycles. The molecule has 0 unspecified atom stereocenters. The Morgan fingerprint density at radius 2 is 1.90 bits per heavy atom. The number of rotatable bonds is 9. The second-order valence-electron chi connectivity index (χ2n) is 7.62. The van der Waals surface area contributed by atoms with Crippen molar-refractivity contribution in [3.8, 4) is 5.75 Å². The van der Waals surface area contributed by atoms with E-state index in [1.807, 2.05) is 32.2 Å². The minimum atomic E-state index is -1.04. The van der Waals surface area contributed by atoms with E-state index in [-0.39, 0.29) is 0 Å². The first-order chi connectivity index (χ1) is 14.6. The summed E-state index contributed by atoms with van der Waals surface area (Å²) in [5, 5.41) is 20.9. The van der Waals surface area contributed by atoms with Gasteiger partial charge in [-0.1, -0.05) is 26.0 Å². The number of ether oxygens (including phenoxy) is 1. The van der Waals surface area contributed by atoms with Crippen LogP contribution in [-0.2, 0) is 9.53 Å². The minimum absolute atomic E-state index is 0.385. The van der Waals surface area contributed by atoms with Gasteiger partial charge in [-0.15, -0.1) is 11.8 Å². The predicted octanol–water partition coefficient (Wildman–Crippen LogP) is 5.99. The highest BCUT2D eigenvalue weighted by atomic mass is 32.2. The van der Waals surface area contributed by atoms with E-state index in [4.69, 9.17) is 9.84 Å². The normalized spacial score (nSPS) is 12.5. The average molecular weight is 448 g/mol. The van der Waals surface area contributed by atoms with Crippen LogP contribution in [0.1, 0.15) is 38.4 Å². The third-order valence-corrected chi connectivity index (χ3v) is 5.50. The Hall–Kier alpha value is -3.00. The Morgan fingerprint density at radius 1 is 1.23 bits per heavy atom. The molecule has 0 heterocycles. The fraction of sp³-hybridized carbons (Fsp3) is 0.304. The van der Waals surface area contributed by atoms with Gasteiger partial charge in [0.25, 0.3) is 0 Å². The lowest BCUT2D eigenvalue weighted by Gasteiger charge is -2.34. The average Bonchev–Trinajstić information content (AvgIpc) is 2.72. The molecule has 0 spiro atoms. The Labute approximate surface area is 185 Å². The summed E-state index contributed by atoms with van der Waals surface area (Å²) in [7, 11) is 0. The number of phenolic OH excluding ortho intramolecular Hbond substituents is 1. The molecule has 0 saturated carbocycles. The number of halogens is 1. The first-order valence-electron chi connectivity index (χ1n) is 9.62. The van der Waals surface area contributed by atoms with Crippen LogP contribution in [0.25, 0.3) is 0 Å². The number of carbonyl (C=O) groups excluding carboxylic acids is 1. The zero-order valence-corrected chi connectivity index (χ0v) is 18.4. The number of hydrogen-bond donors (Lipinski definition) is 3. The highest BCUT2D eigenvalue weighted by molar-refractivity contribution is 7.98. The number of aliphatic carboxylic acids is 1. The van der Waals surface area contributed by atoms with Gasteiger partial charge in [-0.25, -0.2) is 14.0 Å². The highest BCUT2D eigenvalue weighted by Gasteiger charge is 2.34. The molecule has 0 aliphatic rings. The van der Waals surface area contributed by atoms with Crippen LogP contribution < -0.4 is 5.32 Å². The van der Waals surface area contributed by atoms with Gasteiger partial charge in [0.1, 0.15) is 6.10 Å². The van der Waals surface area contributed by atoms with E-state index < -0.39 is 35.1 Å². The number of amides is 1. The Balaban J connectivity index is 2.22. The summed E-state index contributed by atoms with van der Waals surface area (Å²) < 4.78 is 19.7. The number of carboxylic acids is 1. The van der Waals surface area contributed by atoms with Crippen LogP contribution >= 0.6 is 11.8 Å². The molecule has 166 valence electrons. The van der Waals surface area contributed by atoms with Crippen LogP contribution in [0.4, 0.5) is 14.9 Å². The maximum absolute atomic E-state index is 14.0. The second-order valence-corrected chi connectivity index (χ2v) is 8.50. The predicted molar refractivity (Wildman–Crippen MR) is 119 cm³/mol. The summed E-state index contributed by atoms with van der Waals surface area (Å²) in [6.45, 7) is 3.69. The van der Waals surface area contributed by atoms with Gasteiger partial charge in [0, 0.05) is 22.1 Å². The summed E-state index contributed by atoms with van der Waals surface area (Å²) in [5.41, 5.74) is 0.280. The number of carbonyl (C=O) groups is 2. The number of allylic oxidation sites excluding steroid dienone is 1. The molecular weight excluding hydrogens is 421 g/mol. The van der Waals surface area contributed by atoms with E-state index in [1.165, 1.54) is 18.2 Å². The smallest absolute Gasteiger partial charge is 0.412 e. The van der Waals surface area contributed by atoms with Crippen LogP contribution in [0.2, 0.25) is 0 Å². The number of nitrogens with one attached hydrogen (secondary N) is 1. The minimum Gasteiger partial charge on any atom is -0.505 e. The van der Waals surface area contributed by atoms with Crippen molar-refractivity contribution in [1.82, 2.24) is 0 Å². The molecule has 2 aromatic carbocycles. The monoisotopic (exact) mass is 447 g/mol. The van der Waals surface area contributed by atoms with Gasteiger partial charge in [-0.2, -0.15) is 0 Å². The van der Waals surface area contributed by atoms with Gasteiger partial charge in [0.15, 0.2) is 11.6 Å². The molecule has 31 heavy (non-hydrogen) atoms. The van der Waals surface area contributed by atoms with Crippen molar-refractivity contribution in [2.24, 2.45) is 5.41 Å². The van der Waals surface area contributed by atoms with Gasteiger partial charge >= 0.3 is 12.1 Å². The number of thioether (sulfide) groups is 1. The number of carboxylic acid groups (broad SMARTS) is 1. The van der Waals surface area contributed by atoms with Gasteiger partial charge in [-0.05, 0) is 61.1 Å². The quantitative estimate of drug-likeness (QED) is 0.323. The SMILES string of the molecule is CSc1ccc(NC(=O)O[C@@H](c2ccc(O)c(F)c2)C(C)(C)CC/C=C/C(=O)O)cc1. The molecule has 2 rings (SSSR count). The van der Waals surface area contributed by atoms with E-state index >= 15 is 0 Å². The Kier molecular flexibility index (Phi) is 8.50. The molecule has 0 bridgehead atoms. The van der Waals surface area contributed by atoms with Crippen molar-refractivity contribution < 1.29 is 28.9 Å². The molecule has 1 atom stereocenters. The van der Waals surface area contributed by atoms with Gasteiger partial charge < -0.3 is 14.9 Å². The fourth-order valence-electron chi connectivity index (χ4n) is 3.06. The highest BCUT2D eigenvalue weighted by Crippen LogP contribution is 2.41. The standard InChI is InChI=1S/C23H26FNO5S/c1-23(2,13-5-4-6-20(27)28)21(15-7-12-19(26)18(24)14-15)30-22(29)25-16-8-10-17(31-3)11-9-16/h4,6-12,14,21,26H,5,13H2,1-3H3,(H,25,29)(H,27,28)/b6-4+/t21-/m0/s1. The molecule has 2 aromatic rings. The van der Waals surface area contributed by atoms with Crippen molar-refractivity contribution in [3.05, 3.63) is 66.0 Å². The topological polar surface area (TPSA) is 95.9 Å². The summed E-state index contributed by atoms with van der Waals surface area (Å²) in [6, 6.07) is 11.1. The first-order valence-corrected chi connectivity index (χ1v) is 10.8. The van der Waals surface area contributed by atoms with Crippen LogP contribution in [-0.4, -0.2) is 28.5 Å². The van der Waals surface area contributed by atoms with E-state index in [0.29, 0.717) is 24.1 Å². The molecular formula is C23H26FNO5S. The van der Waals surface area contributed by atoms with Gasteiger partial charge in [-0.3, -0.25) is 5.32 Å². The number of anilines is 1. The van der Waals surface area contributed by atoms with Crippen molar-refractivity contribution >= 4 is 29.5 Å². The second kappa shape index (κ2) is 10.9. The molecule has 8 heteroatoms. The lowest BCUT2D eigenvalue weighted by Crippen LogP contribution is -2.29. The number of hydrogen-bond acceptors (Lipinski definition) is 5. The zero-order chi connectivity index (χ0) is 23.0. The summed E-state index contributed by atoms with van der Waals surface area (Å²) >= 11 is 1.58. The third kappa shape index (κ3) is 7.32. The summed E-state index contributed by atoms with van der Waals surface area (Å²) in [6.07, 6.45) is 3.88. The van der Waals surface area contributed by atoms with E-state index in [0.717, 1.165) is 17.0 Å². The number of aromatic hydroxyl groups is 1. The molecule has 0 fully saturated rings. The van der Waals surface area contributed by atoms with Crippen LogP contribution in [0.5, 0.6) is 5.75 Å². The lowest BCUT2D eigenvalue weighted by atomic mass is 9.78. The zero-order valence-electron chi connectivity index (χ0n) is 17.6. The van der Waals surface area contributed by atoms with Crippen molar-refractivity contribution in [2.75, 3.05) is 11.6 Å².